The number of carbonyl (C=O) groups excluding carboxylic acids is 1. The molecule has 0 saturated heterocycles. The second-order valence-corrected chi connectivity index (χ2v) is 10.8. The Balaban J connectivity index is 1.49. The van der Waals surface area contributed by atoms with Gasteiger partial charge in [-0.1, -0.05) is 11.6 Å². The molecule has 1 aromatic heterocycles. The highest BCUT2D eigenvalue weighted by Gasteiger charge is 2.13. The van der Waals surface area contributed by atoms with Crippen LogP contribution < -0.4 is 15.4 Å². The van der Waals surface area contributed by atoms with Crippen molar-refractivity contribution in [2.45, 2.75) is 6.54 Å². The molecule has 1 amide bonds. The van der Waals surface area contributed by atoms with Gasteiger partial charge in [-0.05, 0) is 65.5 Å². The van der Waals surface area contributed by atoms with Crippen LogP contribution in [0.3, 0.4) is 0 Å². The molecule has 11 heteroatoms. The number of thiophene rings is 1. The lowest BCUT2D eigenvalue weighted by atomic mass is 10.2. The summed E-state index contributed by atoms with van der Waals surface area (Å²) in [6.45, 7) is 0.199. The quantitative estimate of drug-likeness (QED) is 0.275. The summed E-state index contributed by atoms with van der Waals surface area (Å²) in [6, 6.07) is 14.9. The predicted molar refractivity (Wildman–Crippen MR) is 133 cm³/mol. The van der Waals surface area contributed by atoms with E-state index in [1.54, 1.807) is 42.5 Å². The van der Waals surface area contributed by atoms with Crippen molar-refractivity contribution in [3.8, 4) is 0 Å². The van der Waals surface area contributed by atoms with Gasteiger partial charge in [-0.25, -0.2) is 17.2 Å². The minimum Gasteiger partial charge on any atom is -0.379 e. The highest BCUT2D eigenvalue weighted by atomic mass is 35.5. The Morgan fingerprint density at radius 3 is 2.53 bits per heavy atom. The maximum Gasteiger partial charge on any atom is 0.265 e. The highest BCUT2D eigenvalue weighted by molar-refractivity contribution is 7.92. The molecule has 3 N–H and O–H groups in total. The second kappa shape index (κ2) is 9.57. The molecule has 0 bridgehead atoms. The lowest BCUT2D eigenvalue weighted by Gasteiger charge is -2.11. The second-order valence-electron chi connectivity index (χ2n) is 7.52. The number of anilines is 3. The molecule has 0 aliphatic rings. The van der Waals surface area contributed by atoms with Crippen molar-refractivity contribution in [3.63, 3.8) is 0 Å². The van der Waals surface area contributed by atoms with Gasteiger partial charge in [-0.2, -0.15) is 0 Å². The van der Waals surface area contributed by atoms with Crippen LogP contribution >= 0.6 is 22.9 Å². The van der Waals surface area contributed by atoms with Crippen LogP contribution in [0.25, 0.3) is 10.1 Å². The summed E-state index contributed by atoms with van der Waals surface area (Å²) in [7, 11) is -3.41. The van der Waals surface area contributed by atoms with Crippen LogP contribution in [0, 0.1) is 11.6 Å². The van der Waals surface area contributed by atoms with Gasteiger partial charge in [0.1, 0.15) is 11.6 Å². The van der Waals surface area contributed by atoms with Gasteiger partial charge in [0.25, 0.3) is 5.91 Å². The summed E-state index contributed by atoms with van der Waals surface area (Å²) in [6.07, 6.45) is 1.06. The summed E-state index contributed by atoms with van der Waals surface area (Å²) < 4.78 is 53.0. The van der Waals surface area contributed by atoms with E-state index in [0.717, 1.165) is 28.5 Å². The first-order chi connectivity index (χ1) is 16.1. The normalized spacial score (nSPS) is 11.4. The number of nitrogens with one attached hydrogen (secondary N) is 3. The topological polar surface area (TPSA) is 87.3 Å². The maximum absolute atomic E-state index is 13.8. The fraction of sp³-hybridized carbons (Fsp3) is 0.0870. The van der Waals surface area contributed by atoms with Crippen LogP contribution in [0.4, 0.5) is 25.8 Å². The molecule has 3 aromatic carbocycles. The van der Waals surface area contributed by atoms with Crippen LogP contribution in [0.2, 0.25) is 5.02 Å². The molecule has 0 unspecified atom stereocenters. The zero-order valence-corrected chi connectivity index (χ0v) is 20.0. The number of hydrogen-bond acceptors (Lipinski definition) is 5. The molecule has 34 heavy (non-hydrogen) atoms. The molecule has 0 saturated carbocycles. The number of hydrogen-bond donors (Lipinski definition) is 3. The molecule has 1 heterocycles. The first-order valence-corrected chi connectivity index (χ1v) is 13.0. The third kappa shape index (κ3) is 6.02. The van der Waals surface area contributed by atoms with Crippen LogP contribution in [0.15, 0.2) is 60.7 Å². The number of halogens is 3. The monoisotopic (exact) mass is 521 g/mol. The zero-order chi connectivity index (χ0) is 24.5. The van der Waals surface area contributed by atoms with Crippen molar-refractivity contribution in [3.05, 3.63) is 87.8 Å². The Labute approximate surface area is 203 Å². The Hall–Kier alpha value is -3.21. The minimum absolute atomic E-state index is 0.141. The number of rotatable bonds is 7. The molecule has 4 aromatic rings. The molecule has 0 aliphatic heterocycles. The van der Waals surface area contributed by atoms with E-state index in [2.05, 4.69) is 15.4 Å². The SMILES string of the molecule is CS(=O)(=O)Nc1ccc2sc(C(=O)Nc3cc(Cl)cc(CNc4ccc(F)cc4F)c3)cc2c1. The van der Waals surface area contributed by atoms with E-state index >= 15 is 0 Å². The number of fused-ring (bicyclic) bond motifs is 1. The summed E-state index contributed by atoms with van der Waals surface area (Å²) in [5, 5.41) is 6.77. The largest absolute Gasteiger partial charge is 0.379 e. The maximum atomic E-state index is 13.8. The van der Waals surface area contributed by atoms with Crippen molar-refractivity contribution in [1.82, 2.24) is 0 Å². The van der Waals surface area contributed by atoms with E-state index in [0.29, 0.717) is 26.8 Å². The first-order valence-electron chi connectivity index (χ1n) is 9.87. The molecular formula is C23H18ClF2N3O3S2. The molecule has 0 fully saturated rings. The van der Waals surface area contributed by atoms with E-state index in [1.807, 2.05) is 0 Å². The van der Waals surface area contributed by atoms with Gasteiger partial charge in [0, 0.05) is 33.7 Å². The van der Waals surface area contributed by atoms with E-state index < -0.39 is 21.7 Å². The third-order valence-electron chi connectivity index (χ3n) is 4.67. The lowest BCUT2D eigenvalue weighted by molar-refractivity contribution is 0.103. The molecule has 0 aliphatic carbocycles. The molecule has 0 atom stereocenters. The molecule has 4 rings (SSSR count). The first kappa shape index (κ1) is 23.9. The van der Waals surface area contributed by atoms with E-state index in [9.17, 15) is 22.0 Å². The van der Waals surface area contributed by atoms with E-state index in [4.69, 9.17) is 11.6 Å². The molecule has 0 radical (unpaired) electrons. The lowest BCUT2D eigenvalue weighted by Crippen LogP contribution is -2.11. The van der Waals surface area contributed by atoms with Crippen molar-refractivity contribution < 1.29 is 22.0 Å². The Morgan fingerprint density at radius 2 is 1.79 bits per heavy atom. The highest BCUT2D eigenvalue weighted by Crippen LogP contribution is 2.29. The van der Waals surface area contributed by atoms with Gasteiger partial charge < -0.3 is 10.6 Å². The van der Waals surface area contributed by atoms with Gasteiger partial charge in [-0.15, -0.1) is 11.3 Å². The van der Waals surface area contributed by atoms with Crippen LogP contribution in [-0.2, 0) is 16.6 Å². The number of amides is 1. The summed E-state index contributed by atoms with van der Waals surface area (Å²) in [5.41, 5.74) is 1.68. The third-order valence-corrected chi connectivity index (χ3v) is 6.61. The van der Waals surface area contributed by atoms with Crippen molar-refractivity contribution in [1.29, 1.82) is 0 Å². The number of carbonyl (C=O) groups is 1. The summed E-state index contributed by atoms with van der Waals surface area (Å²) in [5.74, 6) is -1.74. The van der Waals surface area contributed by atoms with Gasteiger partial charge >= 0.3 is 0 Å². The number of benzene rings is 3. The molecular weight excluding hydrogens is 504 g/mol. The fourth-order valence-electron chi connectivity index (χ4n) is 3.28. The van der Waals surface area contributed by atoms with Crippen molar-refractivity contribution in [2.75, 3.05) is 21.6 Å². The Morgan fingerprint density at radius 1 is 1.00 bits per heavy atom. The molecule has 176 valence electrons. The van der Waals surface area contributed by atoms with E-state index in [-0.39, 0.29) is 18.1 Å². The van der Waals surface area contributed by atoms with Crippen LogP contribution in [-0.4, -0.2) is 20.6 Å². The van der Waals surface area contributed by atoms with Gasteiger partial charge in [0.15, 0.2) is 0 Å². The zero-order valence-electron chi connectivity index (χ0n) is 17.7. The van der Waals surface area contributed by atoms with Gasteiger partial charge in [0.2, 0.25) is 10.0 Å². The Bertz CT molecular complexity index is 1510. The van der Waals surface area contributed by atoms with Crippen LogP contribution in [0.5, 0.6) is 0 Å². The van der Waals surface area contributed by atoms with Gasteiger partial charge in [0.05, 0.1) is 16.8 Å². The van der Waals surface area contributed by atoms with Gasteiger partial charge in [-0.3, -0.25) is 9.52 Å². The standard InChI is InChI=1S/C23H18ClF2N3O3S2/c1-34(31,32)29-17-3-5-21-14(8-17)9-22(33-21)23(30)28-18-7-13(6-15(24)10-18)12-27-20-4-2-16(25)11-19(20)26/h2-11,27,29H,12H2,1H3,(H,28,30). The van der Waals surface area contributed by atoms with E-state index in [1.165, 1.54) is 17.4 Å². The smallest absolute Gasteiger partial charge is 0.265 e. The minimum atomic E-state index is -3.41. The summed E-state index contributed by atoms with van der Waals surface area (Å²) >= 11 is 7.45. The number of sulfonamides is 1. The van der Waals surface area contributed by atoms with Crippen molar-refractivity contribution >= 4 is 66.0 Å². The predicted octanol–water partition coefficient (Wildman–Crippen LogP) is 6.07. The van der Waals surface area contributed by atoms with Crippen molar-refractivity contribution in [2.24, 2.45) is 0 Å². The van der Waals surface area contributed by atoms with Crippen LogP contribution in [0.1, 0.15) is 15.2 Å². The average Bonchev–Trinajstić information content (AvgIpc) is 3.15. The molecule has 0 spiro atoms. The average molecular weight is 522 g/mol. The summed E-state index contributed by atoms with van der Waals surface area (Å²) in [4.78, 5) is 13.3. The Kier molecular flexibility index (Phi) is 6.74. The molecule has 6 nitrogen and oxygen atoms in total. The fourth-order valence-corrected chi connectivity index (χ4v) is 5.03.